The van der Waals surface area contributed by atoms with Crippen LogP contribution >= 0.6 is 0 Å². The number of pyridine rings is 1. The van der Waals surface area contributed by atoms with Crippen molar-refractivity contribution in [2.45, 2.75) is 51.4 Å². The van der Waals surface area contributed by atoms with Gasteiger partial charge in [-0.15, -0.1) is 0 Å². The van der Waals surface area contributed by atoms with Crippen molar-refractivity contribution in [2.75, 3.05) is 20.1 Å². The molecule has 2 aromatic heterocycles. The van der Waals surface area contributed by atoms with Crippen molar-refractivity contribution in [3.05, 3.63) is 48.5 Å². The second-order valence-electron chi connectivity index (χ2n) is 7.43. The first-order chi connectivity index (χ1) is 13.1. The Hall–Kier alpha value is -2.41. The summed E-state index contributed by atoms with van der Waals surface area (Å²) in [7, 11) is 2.14. The van der Waals surface area contributed by atoms with Gasteiger partial charge in [0.25, 0.3) is 0 Å². The summed E-state index contributed by atoms with van der Waals surface area (Å²) < 4.78 is 1.90. The average molecular weight is 371 g/mol. The molecule has 2 aromatic rings. The van der Waals surface area contributed by atoms with Crippen LogP contribution in [0.15, 0.2) is 43.0 Å². The van der Waals surface area contributed by atoms with Gasteiger partial charge in [-0.2, -0.15) is 5.10 Å². The molecule has 0 radical (unpaired) electrons. The first kappa shape index (κ1) is 19.4. The number of hydrogen-bond donors (Lipinski definition) is 1. The fraction of sp³-hybridized carbons (Fsp3) is 0.550. The third-order valence-corrected chi connectivity index (χ3v) is 5.21. The van der Waals surface area contributed by atoms with Crippen LogP contribution in [0.4, 0.5) is 4.79 Å². The van der Waals surface area contributed by atoms with Crippen LogP contribution in [0.25, 0.3) is 0 Å². The molecule has 7 heteroatoms. The fourth-order valence-corrected chi connectivity index (χ4v) is 3.48. The summed E-state index contributed by atoms with van der Waals surface area (Å²) in [6.07, 6.45) is 10.2. The normalized spacial score (nSPS) is 16.8. The molecule has 1 aliphatic rings. The number of carbonyl (C=O) groups excluding carboxylic acids is 1. The highest BCUT2D eigenvalue weighted by Gasteiger charge is 2.27. The predicted octanol–water partition coefficient (Wildman–Crippen LogP) is 2.36. The average Bonchev–Trinajstić information content (AvgIpc) is 3.20. The summed E-state index contributed by atoms with van der Waals surface area (Å²) in [6.45, 7) is 5.53. The van der Waals surface area contributed by atoms with E-state index in [1.54, 1.807) is 18.6 Å². The number of amides is 2. The van der Waals surface area contributed by atoms with Crippen molar-refractivity contribution in [2.24, 2.45) is 0 Å². The standard InChI is InChI=1S/C20H30N6O/c1-17(6-15-25-12-3-9-22-25)23-20(27)26(16-18-4-10-21-11-5-18)19-7-13-24(2)14-8-19/h3-5,9-12,17,19H,6-8,13-16H2,1-2H3,(H,23,27). The zero-order valence-corrected chi connectivity index (χ0v) is 16.3. The lowest BCUT2D eigenvalue weighted by atomic mass is 10.0. The number of likely N-dealkylation sites (tertiary alicyclic amines) is 1. The monoisotopic (exact) mass is 370 g/mol. The molecule has 1 saturated heterocycles. The number of carbonyl (C=O) groups is 1. The number of aryl methyl sites for hydroxylation is 1. The second-order valence-corrected chi connectivity index (χ2v) is 7.43. The van der Waals surface area contributed by atoms with Gasteiger partial charge in [0, 0.05) is 50.0 Å². The van der Waals surface area contributed by atoms with Crippen LogP contribution in [-0.4, -0.2) is 62.8 Å². The molecule has 3 heterocycles. The molecule has 1 fully saturated rings. The number of nitrogens with zero attached hydrogens (tertiary/aromatic N) is 5. The molecule has 1 aliphatic heterocycles. The lowest BCUT2D eigenvalue weighted by molar-refractivity contribution is 0.125. The Bertz CT molecular complexity index is 682. The summed E-state index contributed by atoms with van der Waals surface area (Å²) >= 11 is 0. The number of urea groups is 1. The third kappa shape index (κ3) is 5.79. The number of hydrogen-bond acceptors (Lipinski definition) is 4. The maximum Gasteiger partial charge on any atom is 0.318 e. The zero-order chi connectivity index (χ0) is 19.1. The zero-order valence-electron chi connectivity index (χ0n) is 16.3. The molecule has 1 unspecified atom stereocenters. The minimum atomic E-state index is 0.0225. The predicted molar refractivity (Wildman–Crippen MR) is 105 cm³/mol. The highest BCUT2D eigenvalue weighted by molar-refractivity contribution is 5.75. The van der Waals surface area contributed by atoms with Gasteiger partial charge in [-0.25, -0.2) is 4.79 Å². The highest BCUT2D eigenvalue weighted by atomic mass is 16.2. The van der Waals surface area contributed by atoms with Crippen molar-refractivity contribution in [3.63, 3.8) is 0 Å². The lowest BCUT2D eigenvalue weighted by Crippen LogP contribution is -2.51. The highest BCUT2D eigenvalue weighted by Crippen LogP contribution is 2.18. The van der Waals surface area contributed by atoms with Crippen LogP contribution in [0.5, 0.6) is 0 Å². The topological polar surface area (TPSA) is 66.3 Å². The van der Waals surface area contributed by atoms with E-state index >= 15 is 0 Å². The second kappa shape index (κ2) is 9.50. The van der Waals surface area contributed by atoms with E-state index in [0.29, 0.717) is 6.54 Å². The van der Waals surface area contributed by atoms with E-state index in [1.807, 2.05) is 34.0 Å². The van der Waals surface area contributed by atoms with E-state index in [1.165, 1.54) is 0 Å². The Labute approximate surface area is 161 Å². The summed E-state index contributed by atoms with van der Waals surface area (Å²) in [5.74, 6) is 0. The molecule has 2 amide bonds. The van der Waals surface area contributed by atoms with Gasteiger partial charge in [0.15, 0.2) is 0 Å². The van der Waals surface area contributed by atoms with Crippen LogP contribution < -0.4 is 5.32 Å². The SMILES string of the molecule is CC(CCn1cccn1)NC(=O)N(Cc1ccncc1)C1CCN(C)CC1. The first-order valence-electron chi connectivity index (χ1n) is 9.74. The number of rotatable bonds is 7. The molecule has 7 nitrogen and oxygen atoms in total. The quantitative estimate of drug-likeness (QED) is 0.813. The van der Waals surface area contributed by atoms with E-state index < -0.39 is 0 Å². The molecule has 3 rings (SSSR count). The summed E-state index contributed by atoms with van der Waals surface area (Å²) in [5.41, 5.74) is 1.11. The Morgan fingerprint density at radius 1 is 1.30 bits per heavy atom. The molecule has 0 aromatic carbocycles. The van der Waals surface area contributed by atoms with Crippen LogP contribution in [0, 0.1) is 0 Å². The molecule has 27 heavy (non-hydrogen) atoms. The van der Waals surface area contributed by atoms with Crippen molar-refractivity contribution >= 4 is 6.03 Å². The number of aromatic nitrogens is 3. The van der Waals surface area contributed by atoms with Crippen molar-refractivity contribution in [3.8, 4) is 0 Å². The van der Waals surface area contributed by atoms with Crippen molar-refractivity contribution < 1.29 is 4.79 Å². The van der Waals surface area contributed by atoms with Crippen LogP contribution in [0.2, 0.25) is 0 Å². The summed E-state index contributed by atoms with van der Waals surface area (Å²) in [4.78, 5) is 21.5. The van der Waals surface area contributed by atoms with Crippen molar-refractivity contribution in [1.82, 2.24) is 29.9 Å². The van der Waals surface area contributed by atoms with E-state index in [4.69, 9.17) is 0 Å². The Morgan fingerprint density at radius 2 is 2.04 bits per heavy atom. The molecule has 0 bridgehead atoms. The van der Waals surface area contributed by atoms with Gasteiger partial charge >= 0.3 is 6.03 Å². The molecule has 0 spiro atoms. The molecule has 1 N–H and O–H groups in total. The molecular weight excluding hydrogens is 340 g/mol. The van der Waals surface area contributed by atoms with E-state index in [-0.39, 0.29) is 18.1 Å². The minimum absolute atomic E-state index is 0.0225. The Kier molecular flexibility index (Phi) is 6.81. The van der Waals surface area contributed by atoms with Gasteiger partial charge in [-0.3, -0.25) is 9.67 Å². The van der Waals surface area contributed by atoms with Gasteiger partial charge in [0.1, 0.15) is 0 Å². The van der Waals surface area contributed by atoms with E-state index in [0.717, 1.165) is 44.5 Å². The molecule has 0 saturated carbocycles. The fourth-order valence-electron chi connectivity index (χ4n) is 3.48. The van der Waals surface area contributed by atoms with Gasteiger partial charge in [0.2, 0.25) is 0 Å². The van der Waals surface area contributed by atoms with Crippen LogP contribution in [0.3, 0.4) is 0 Å². The molecule has 1 atom stereocenters. The maximum absolute atomic E-state index is 13.1. The van der Waals surface area contributed by atoms with Gasteiger partial charge in [-0.1, -0.05) is 0 Å². The summed E-state index contributed by atoms with van der Waals surface area (Å²) in [6, 6.07) is 6.27. The molecule has 146 valence electrons. The van der Waals surface area contributed by atoms with Crippen LogP contribution in [0.1, 0.15) is 31.7 Å². The summed E-state index contributed by atoms with van der Waals surface area (Å²) in [5, 5.41) is 7.41. The Balaban J connectivity index is 1.60. The van der Waals surface area contributed by atoms with Gasteiger partial charge < -0.3 is 15.1 Å². The van der Waals surface area contributed by atoms with Gasteiger partial charge in [-0.05, 0) is 70.1 Å². The smallest absolute Gasteiger partial charge is 0.318 e. The lowest BCUT2D eigenvalue weighted by Gasteiger charge is -2.38. The molecule has 0 aliphatic carbocycles. The van der Waals surface area contributed by atoms with Crippen molar-refractivity contribution in [1.29, 1.82) is 0 Å². The number of piperidine rings is 1. The Morgan fingerprint density at radius 3 is 2.70 bits per heavy atom. The largest absolute Gasteiger partial charge is 0.335 e. The molecular formula is C20H30N6O. The third-order valence-electron chi connectivity index (χ3n) is 5.21. The number of nitrogens with one attached hydrogen (secondary N) is 1. The van der Waals surface area contributed by atoms with Crippen LogP contribution in [-0.2, 0) is 13.1 Å². The van der Waals surface area contributed by atoms with E-state index in [2.05, 4.69) is 34.3 Å². The first-order valence-corrected chi connectivity index (χ1v) is 9.74. The minimum Gasteiger partial charge on any atom is -0.335 e. The van der Waals surface area contributed by atoms with Gasteiger partial charge in [0.05, 0.1) is 0 Å². The maximum atomic E-state index is 13.1. The van der Waals surface area contributed by atoms with E-state index in [9.17, 15) is 4.79 Å².